The number of hydrogen-bond acceptors (Lipinski definition) is 2. The van der Waals surface area contributed by atoms with Gasteiger partial charge in [-0.1, -0.05) is 39.3 Å². The van der Waals surface area contributed by atoms with Crippen LogP contribution in [0.1, 0.15) is 51.5 Å². The van der Waals surface area contributed by atoms with Crippen LogP contribution in [0, 0.1) is 11.3 Å². The van der Waals surface area contributed by atoms with E-state index in [-0.39, 0.29) is 11.2 Å². The van der Waals surface area contributed by atoms with Gasteiger partial charge in [0, 0.05) is 13.0 Å². The van der Waals surface area contributed by atoms with E-state index in [1.165, 1.54) is 0 Å². The van der Waals surface area contributed by atoms with Crippen molar-refractivity contribution in [3.05, 3.63) is 16.9 Å². The highest BCUT2D eigenvalue weighted by molar-refractivity contribution is 6.33. The summed E-state index contributed by atoms with van der Waals surface area (Å²) < 4.78 is 1.67. The molecule has 0 radical (unpaired) electrons. The normalized spacial score (nSPS) is 13.8. The Labute approximate surface area is 108 Å². The maximum absolute atomic E-state index is 12.2. The molecule has 1 aromatic heterocycles. The molecule has 0 saturated heterocycles. The maximum Gasteiger partial charge on any atom is 0.182 e. The van der Waals surface area contributed by atoms with Gasteiger partial charge in [-0.25, -0.2) is 0 Å². The Morgan fingerprint density at radius 1 is 1.53 bits per heavy atom. The number of aryl methyl sites for hydroxylation is 1. The van der Waals surface area contributed by atoms with Crippen LogP contribution in [-0.2, 0) is 6.54 Å². The fourth-order valence-electron chi connectivity index (χ4n) is 1.56. The van der Waals surface area contributed by atoms with Crippen molar-refractivity contribution in [1.82, 2.24) is 9.78 Å². The van der Waals surface area contributed by atoms with E-state index in [1.807, 2.05) is 6.92 Å². The quantitative estimate of drug-likeness (QED) is 0.768. The molecule has 17 heavy (non-hydrogen) atoms. The number of ketones is 1. The van der Waals surface area contributed by atoms with Crippen molar-refractivity contribution >= 4 is 17.4 Å². The van der Waals surface area contributed by atoms with E-state index in [1.54, 1.807) is 10.9 Å². The van der Waals surface area contributed by atoms with Gasteiger partial charge in [0.15, 0.2) is 5.78 Å². The first-order valence-electron chi connectivity index (χ1n) is 6.01. The fraction of sp³-hybridized carbons (Fsp3) is 0.692. The van der Waals surface area contributed by atoms with Crippen LogP contribution in [0.4, 0.5) is 0 Å². The summed E-state index contributed by atoms with van der Waals surface area (Å²) in [6.07, 6.45) is 2.05. The molecule has 96 valence electrons. The molecule has 0 aliphatic carbocycles. The largest absolute Gasteiger partial charge is 0.292 e. The molecule has 4 heteroatoms. The molecule has 0 aliphatic rings. The van der Waals surface area contributed by atoms with Gasteiger partial charge in [-0.05, 0) is 18.3 Å². The molecule has 0 aromatic carbocycles. The topological polar surface area (TPSA) is 34.9 Å². The zero-order valence-corrected chi connectivity index (χ0v) is 12.0. The molecule has 1 aromatic rings. The Balaban J connectivity index is 2.87. The molecule has 0 spiro atoms. The maximum atomic E-state index is 12.2. The molecule has 0 aliphatic heterocycles. The second-order valence-corrected chi connectivity index (χ2v) is 5.96. The van der Waals surface area contributed by atoms with Gasteiger partial charge in [-0.3, -0.25) is 9.48 Å². The van der Waals surface area contributed by atoms with Crippen LogP contribution in [0.3, 0.4) is 0 Å². The summed E-state index contributed by atoms with van der Waals surface area (Å²) in [5, 5.41) is 4.55. The fourth-order valence-corrected chi connectivity index (χ4v) is 1.81. The highest BCUT2D eigenvalue weighted by atomic mass is 35.5. The van der Waals surface area contributed by atoms with Gasteiger partial charge in [0.05, 0.1) is 11.2 Å². The average molecular weight is 257 g/mol. The summed E-state index contributed by atoms with van der Waals surface area (Å²) in [5.74, 6) is 0.392. The van der Waals surface area contributed by atoms with Gasteiger partial charge in [0.1, 0.15) is 5.69 Å². The Morgan fingerprint density at radius 3 is 2.59 bits per heavy atom. The first-order chi connectivity index (χ1) is 7.77. The molecule has 0 fully saturated rings. The molecule has 0 bridgehead atoms. The van der Waals surface area contributed by atoms with Crippen LogP contribution in [-0.4, -0.2) is 15.6 Å². The van der Waals surface area contributed by atoms with E-state index < -0.39 is 0 Å². The highest BCUT2D eigenvalue weighted by Crippen LogP contribution is 2.30. The molecule has 1 heterocycles. The van der Waals surface area contributed by atoms with Gasteiger partial charge in [0.2, 0.25) is 0 Å². The monoisotopic (exact) mass is 256 g/mol. The molecule has 1 rings (SSSR count). The van der Waals surface area contributed by atoms with Crippen LogP contribution in [0.25, 0.3) is 0 Å². The standard InChI is InChI=1S/C13H21ClN2O/c1-6-16-12(10(14)8-15-16)11(17)7-9(2)13(3,4)5/h8-9H,6-7H2,1-5H3. The predicted octanol–water partition coefficient (Wildman–Crippen LogP) is 3.81. The van der Waals surface area contributed by atoms with E-state index in [9.17, 15) is 4.79 Å². The van der Waals surface area contributed by atoms with Crippen LogP contribution < -0.4 is 0 Å². The Morgan fingerprint density at radius 2 is 2.12 bits per heavy atom. The summed E-state index contributed by atoms with van der Waals surface area (Å²) in [6.45, 7) is 11.1. The lowest BCUT2D eigenvalue weighted by atomic mass is 9.79. The third-order valence-electron chi connectivity index (χ3n) is 3.33. The van der Waals surface area contributed by atoms with Gasteiger partial charge >= 0.3 is 0 Å². The lowest BCUT2D eigenvalue weighted by Gasteiger charge is -2.26. The number of Topliss-reactive ketones (excluding diaryl/α,β-unsaturated/α-hetero) is 1. The predicted molar refractivity (Wildman–Crippen MR) is 70.5 cm³/mol. The second-order valence-electron chi connectivity index (χ2n) is 5.55. The number of carbonyl (C=O) groups is 1. The first kappa shape index (κ1) is 14.2. The number of nitrogens with zero attached hydrogens (tertiary/aromatic N) is 2. The van der Waals surface area contributed by atoms with Crippen LogP contribution in [0.5, 0.6) is 0 Å². The summed E-state index contributed by atoms with van der Waals surface area (Å²) in [7, 11) is 0. The number of aromatic nitrogens is 2. The van der Waals surface area contributed by atoms with Crippen molar-refractivity contribution < 1.29 is 4.79 Å². The van der Waals surface area contributed by atoms with Gasteiger partial charge in [-0.15, -0.1) is 0 Å². The molecular weight excluding hydrogens is 236 g/mol. The molecule has 1 unspecified atom stereocenters. The van der Waals surface area contributed by atoms with E-state index in [4.69, 9.17) is 11.6 Å². The molecule has 3 nitrogen and oxygen atoms in total. The molecule has 1 atom stereocenters. The zero-order valence-electron chi connectivity index (χ0n) is 11.2. The minimum absolute atomic E-state index is 0.0803. The summed E-state index contributed by atoms with van der Waals surface area (Å²) in [4.78, 5) is 12.2. The third kappa shape index (κ3) is 3.32. The second kappa shape index (κ2) is 5.21. The van der Waals surface area contributed by atoms with Crippen molar-refractivity contribution in [3.63, 3.8) is 0 Å². The Hall–Kier alpha value is -0.830. The number of rotatable bonds is 4. The van der Waals surface area contributed by atoms with Crippen molar-refractivity contribution in [2.45, 2.75) is 47.6 Å². The van der Waals surface area contributed by atoms with Crippen LogP contribution >= 0.6 is 11.6 Å². The van der Waals surface area contributed by atoms with Crippen molar-refractivity contribution in [2.75, 3.05) is 0 Å². The smallest absolute Gasteiger partial charge is 0.182 e. The van der Waals surface area contributed by atoms with Gasteiger partial charge < -0.3 is 0 Å². The van der Waals surface area contributed by atoms with E-state index >= 15 is 0 Å². The van der Waals surface area contributed by atoms with E-state index in [0.717, 1.165) is 0 Å². The lowest BCUT2D eigenvalue weighted by Crippen LogP contribution is -2.22. The third-order valence-corrected chi connectivity index (χ3v) is 3.61. The number of halogens is 1. The van der Waals surface area contributed by atoms with Crippen molar-refractivity contribution in [2.24, 2.45) is 11.3 Å². The Kier molecular flexibility index (Phi) is 4.36. The molecular formula is C13H21ClN2O. The van der Waals surface area contributed by atoms with Gasteiger partial charge in [0.25, 0.3) is 0 Å². The van der Waals surface area contributed by atoms with Crippen molar-refractivity contribution in [3.8, 4) is 0 Å². The average Bonchev–Trinajstić information content (AvgIpc) is 2.57. The summed E-state index contributed by atoms with van der Waals surface area (Å²) in [5.41, 5.74) is 0.671. The highest BCUT2D eigenvalue weighted by Gasteiger charge is 2.25. The van der Waals surface area contributed by atoms with Crippen molar-refractivity contribution in [1.29, 1.82) is 0 Å². The first-order valence-corrected chi connectivity index (χ1v) is 6.39. The molecule has 0 amide bonds. The molecule has 0 saturated carbocycles. The van der Waals surface area contributed by atoms with E-state index in [2.05, 4.69) is 32.8 Å². The summed E-state index contributed by atoms with van der Waals surface area (Å²) >= 11 is 6.01. The SMILES string of the molecule is CCn1ncc(Cl)c1C(=O)CC(C)C(C)(C)C. The number of hydrogen-bond donors (Lipinski definition) is 0. The minimum atomic E-state index is 0.0803. The molecule has 0 N–H and O–H groups in total. The Bertz CT molecular complexity index is 404. The zero-order chi connectivity index (χ0) is 13.2. The van der Waals surface area contributed by atoms with Crippen LogP contribution in [0.15, 0.2) is 6.20 Å². The lowest BCUT2D eigenvalue weighted by molar-refractivity contribution is 0.0917. The van der Waals surface area contributed by atoms with Gasteiger partial charge in [-0.2, -0.15) is 5.10 Å². The van der Waals surface area contributed by atoms with E-state index in [0.29, 0.717) is 29.6 Å². The summed E-state index contributed by atoms with van der Waals surface area (Å²) in [6, 6.07) is 0. The van der Waals surface area contributed by atoms with Crippen LogP contribution in [0.2, 0.25) is 5.02 Å². The minimum Gasteiger partial charge on any atom is -0.292 e. The number of carbonyl (C=O) groups excluding carboxylic acids is 1.